The van der Waals surface area contributed by atoms with Gasteiger partial charge in [0.25, 0.3) is 11.2 Å². The lowest BCUT2D eigenvalue weighted by atomic mass is 9.83. The van der Waals surface area contributed by atoms with Gasteiger partial charge >= 0.3 is 0 Å². The summed E-state index contributed by atoms with van der Waals surface area (Å²) in [5, 5.41) is 11.0. The van der Waals surface area contributed by atoms with Gasteiger partial charge in [0.1, 0.15) is 18.1 Å². The Balaban J connectivity index is 1.28. The second-order valence-electron chi connectivity index (χ2n) is 10.9. The number of aryl methyl sites for hydroxylation is 1. The Kier molecular flexibility index (Phi) is 8.22. The highest BCUT2D eigenvalue weighted by Crippen LogP contribution is 2.42. The van der Waals surface area contributed by atoms with Crippen molar-refractivity contribution in [2.75, 3.05) is 7.11 Å². The minimum atomic E-state index is -0.431. The van der Waals surface area contributed by atoms with Crippen molar-refractivity contribution < 1.29 is 14.4 Å². The molecule has 8 nitrogen and oxygen atoms in total. The molecule has 0 saturated carbocycles. The van der Waals surface area contributed by atoms with Gasteiger partial charge in [-0.05, 0) is 115 Å². The quantitative estimate of drug-likeness (QED) is 0.128. The lowest BCUT2D eigenvalue weighted by Crippen LogP contribution is -2.38. The van der Waals surface area contributed by atoms with Crippen LogP contribution in [0.5, 0.6) is 11.5 Å². The summed E-state index contributed by atoms with van der Waals surface area (Å²) in [7, 11) is 1.65. The molecule has 0 fully saturated rings. The van der Waals surface area contributed by atoms with E-state index in [1.807, 2.05) is 53.1 Å². The van der Waals surface area contributed by atoms with Crippen LogP contribution in [0, 0.1) is 10.1 Å². The molecule has 0 N–H and O–H groups in total. The van der Waals surface area contributed by atoms with Gasteiger partial charge in [-0.1, -0.05) is 47.7 Å². The van der Waals surface area contributed by atoms with Crippen molar-refractivity contribution in [3.05, 3.63) is 157 Å². The number of fused-ring (bicyclic) bond motifs is 3. The van der Waals surface area contributed by atoms with Gasteiger partial charge in [0, 0.05) is 17.7 Å². The van der Waals surface area contributed by atoms with Crippen LogP contribution in [-0.4, -0.2) is 16.6 Å². The number of allylic oxidation sites excluding steroid dienone is 1. The number of benzene rings is 4. The van der Waals surface area contributed by atoms with E-state index in [0.29, 0.717) is 24.0 Å². The molecular weight excluding hydrogens is 734 g/mol. The monoisotopic (exact) mass is 757 g/mol. The zero-order chi connectivity index (χ0) is 31.9. The van der Waals surface area contributed by atoms with Crippen molar-refractivity contribution in [3.8, 4) is 11.5 Å². The molecule has 46 heavy (non-hydrogen) atoms. The summed E-state index contributed by atoms with van der Waals surface area (Å²) in [5.41, 5.74) is 6.96. The molecular formula is C35H25Br2N3O5S. The number of nitro groups is 1. The first kappa shape index (κ1) is 30.3. The summed E-state index contributed by atoms with van der Waals surface area (Å²) in [5.74, 6) is 1.32. The van der Waals surface area contributed by atoms with Crippen LogP contribution >= 0.6 is 43.2 Å². The molecule has 1 aliphatic heterocycles. The fourth-order valence-corrected chi connectivity index (χ4v) is 8.41. The number of non-ortho nitro benzene ring substituents is 1. The highest BCUT2D eigenvalue weighted by molar-refractivity contribution is 9.11. The number of rotatable bonds is 7. The van der Waals surface area contributed by atoms with E-state index in [1.165, 1.54) is 29.0 Å². The largest absolute Gasteiger partial charge is 0.497 e. The Morgan fingerprint density at radius 3 is 2.52 bits per heavy atom. The van der Waals surface area contributed by atoms with E-state index < -0.39 is 4.92 Å². The predicted octanol–water partition coefficient (Wildman–Crippen LogP) is 7.34. The summed E-state index contributed by atoms with van der Waals surface area (Å²) in [6, 6.07) is 26.0. The van der Waals surface area contributed by atoms with Crippen molar-refractivity contribution in [1.82, 2.24) is 4.57 Å². The van der Waals surface area contributed by atoms with Crippen LogP contribution in [-0.2, 0) is 13.0 Å². The van der Waals surface area contributed by atoms with Crippen LogP contribution in [0.2, 0.25) is 0 Å². The molecule has 5 aromatic rings. The SMILES string of the molecule is COc1cccc(C2C3=C(N=c4s/c(=C/c5cc(Br)c(OCc6ccc([N+](=O)[O-])cc6)c(Br)c5)c(=O)n42)c2ccccc2CC3)c1. The molecule has 4 aromatic carbocycles. The van der Waals surface area contributed by atoms with Crippen LogP contribution < -0.4 is 24.4 Å². The zero-order valence-corrected chi connectivity index (χ0v) is 28.4. The Morgan fingerprint density at radius 1 is 1.02 bits per heavy atom. The van der Waals surface area contributed by atoms with E-state index in [-0.39, 0.29) is 23.9 Å². The smallest absolute Gasteiger partial charge is 0.271 e. The van der Waals surface area contributed by atoms with Crippen molar-refractivity contribution in [2.45, 2.75) is 25.5 Å². The second-order valence-corrected chi connectivity index (χ2v) is 13.6. The average molecular weight is 759 g/mol. The highest BCUT2D eigenvalue weighted by atomic mass is 79.9. The maximum absolute atomic E-state index is 14.2. The molecule has 7 rings (SSSR count). The van der Waals surface area contributed by atoms with Crippen molar-refractivity contribution in [2.24, 2.45) is 4.99 Å². The molecule has 11 heteroatoms. The van der Waals surface area contributed by atoms with Crippen LogP contribution in [0.3, 0.4) is 0 Å². The fourth-order valence-electron chi connectivity index (χ4n) is 5.96. The number of methoxy groups -OCH3 is 1. The molecule has 0 spiro atoms. The number of nitro benzene ring substituents is 1. The molecule has 1 aromatic heterocycles. The topological polar surface area (TPSA) is 96.0 Å². The summed E-state index contributed by atoms with van der Waals surface area (Å²) in [4.78, 5) is 30.5. The van der Waals surface area contributed by atoms with Crippen molar-refractivity contribution in [3.63, 3.8) is 0 Å². The van der Waals surface area contributed by atoms with Crippen LogP contribution in [0.1, 0.15) is 40.3 Å². The molecule has 0 saturated heterocycles. The summed E-state index contributed by atoms with van der Waals surface area (Å²) >= 11 is 8.62. The summed E-state index contributed by atoms with van der Waals surface area (Å²) < 4.78 is 15.4. The number of hydrogen-bond donors (Lipinski definition) is 0. The summed E-state index contributed by atoms with van der Waals surface area (Å²) in [6.45, 7) is 0.227. The van der Waals surface area contributed by atoms with Gasteiger partial charge in [0.15, 0.2) is 4.80 Å². The Morgan fingerprint density at radius 2 is 1.78 bits per heavy atom. The Labute approximate surface area is 284 Å². The van der Waals surface area contributed by atoms with Gasteiger partial charge in [-0.15, -0.1) is 0 Å². The van der Waals surface area contributed by atoms with Crippen molar-refractivity contribution >= 4 is 60.7 Å². The first-order chi connectivity index (χ1) is 22.3. The third-order valence-corrected chi connectivity index (χ3v) is 10.3. The number of aromatic nitrogens is 1. The maximum Gasteiger partial charge on any atom is 0.271 e. The summed E-state index contributed by atoms with van der Waals surface area (Å²) in [6.07, 6.45) is 3.57. The number of thiazole rings is 1. The van der Waals surface area contributed by atoms with E-state index in [4.69, 9.17) is 14.5 Å². The number of hydrogen-bond acceptors (Lipinski definition) is 7. The molecule has 1 unspecified atom stereocenters. The minimum Gasteiger partial charge on any atom is -0.497 e. The Bertz CT molecular complexity index is 2220. The molecule has 1 atom stereocenters. The first-order valence-electron chi connectivity index (χ1n) is 14.4. The highest BCUT2D eigenvalue weighted by Gasteiger charge is 2.32. The fraction of sp³-hybridized carbons (Fsp3) is 0.143. The minimum absolute atomic E-state index is 0.0283. The van der Waals surface area contributed by atoms with E-state index in [2.05, 4.69) is 50.1 Å². The lowest BCUT2D eigenvalue weighted by molar-refractivity contribution is -0.384. The van der Waals surface area contributed by atoms with Crippen LogP contribution in [0.4, 0.5) is 5.69 Å². The molecule has 2 heterocycles. The number of nitrogens with zero attached hydrogens (tertiary/aromatic N) is 3. The number of halogens is 2. The van der Waals surface area contributed by atoms with Crippen LogP contribution in [0.15, 0.2) is 109 Å². The molecule has 1 aliphatic carbocycles. The maximum atomic E-state index is 14.2. The van der Waals surface area contributed by atoms with Gasteiger partial charge in [0.2, 0.25) is 0 Å². The molecule has 0 amide bonds. The molecule has 230 valence electrons. The van der Waals surface area contributed by atoms with E-state index >= 15 is 0 Å². The molecule has 2 aliphatic rings. The van der Waals surface area contributed by atoms with E-state index in [0.717, 1.165) is 52.1 Å². The van der Waals surface area contributed by atoms with Gasteiger partial charge < -0.3 is 9.47 Å². The lowest BCUT2D eigenvalue weighted by Gasteiger charge is -2.31. The van der Waals surface area contributed by atoms with E-state index in [9.17, 15) is 14.9 Å². The second kappa shape index (κ2) is 12.5. The van der Waals surface area contributed by atoms with Crippen molar-refractivity contribution in [1.29, 1.82) is 0 Å². The van der Waals surface area contributed by atoms with E-state index in [1.54, 1.807) is 19.2 Å². The third-order valence-electron chi connectivity index (χ3n) is 8.13. The standard InChI is InChI=1S/C35H25Br2N3O5S/c1-44-25-7-4-6-23(18-25)32-27-14-11-22-5-2-3-8-26(22)31(27)38-35-39(32)34(41)30(46-35)17-21-15-28(36)33(29(37)16-21)45-19-20-9-12-24(13-10-20)40(42)43/h2-10,12-13,15-18,32H,11,14,19H2,1H3/b30-17+. The normalized spacial score (nSPS) is 15.5. The first-order valence-corrected chi connectivity index (χ1v) is 16.8. The zero-order valence-electron chi connectivity index (χ0n) is 24.4. The van der Waals surface area contributed by atoms with Gasteiger partial charge in [-0.2, -0.15) is 0 Å². The van der Waals surface area contributed by atoms with Gasteiger partial charge in [-0.3, -0.25) is 19.5 Å². The molecule has 0 radical (unpaired) electrons. The molecule has 0 bridgehead atoms. The Hall–Kier alpha value is -4.32. The van der Waals surface area contributed by atoms with Crippen LogP contribution in [0.25, 0.3) is 11.8 Å². The predicted molar refractivity (Wildman–Crippen MR) is 185 cm³/mol. The average Bonchev–Trinajstić information content (AvgIpc) is 3.37. The third kappa shape index (κ3) is 5.63. The van der Waals surface area contributed by atoms with Gasteiger partial charge in [0.05, 0.1) is 37.2 Å². The van der Waals surface area contributed by atoms with Gasteiger partial charge in [-0.25, -0.2) is 4.99 Å². The number of ether oxygens (including phenoxy) is 2.